The Morgan fingerprint density at radius 3 is 2.48 bits per heavy atom. The molecule has 1 saturated heterocycles. The van der Waals surface area contributed by atoms with Crippen molar-refractivity contribution in [1.29, 1.82) is 0 Å². The van der Waals surface area contributed by atoms with Crippen LogP contribution in [0.4, 0.5) is 10.1 Å². The van der Waals surface area contributed by atoms with Crippen molar-refractivity contribution in [2.24, 2.45) is 0 Å². The van der Waals surface area contributed by atoms with E-state index in [1.54, 1.807) is 12.1 Å². The van der Waals surface area contributed by atoms with Crippen molar-refractivity contribution < 1.29 is 9.18 Å². The van der Waals surface area contributed by atoms with E-state index in [-0.39, 0.29) is 22.7 Å². The smallest absolute Gasteiger partial charge is 0.243 e. The molecular weight excluding hydrogens is 340 g/mol. The van der Waals surface area contributed by atoms with E-state index in [1.807, 2.05) is 12.1 Å². The Balaban J connectivity index is 1.64. The van der Waals surface area contributed by atoms with Crippen LogP contribution in [-0.2, 0) is 4.79 Å². The van der Waals surface area contributed by atoms with Crippen molar-refractivity contribution in [3.05, 3.63) is 63.9 Å². The standard InChI is InChI=1S/C16H14Cl2FN3O/c17-10-3-1-9(2-4-10)14-8-15(22-21-14)16(23)20-13-6-5-11(18)7-12(13)19/h1-7,14-15,21-22H,8H2,(H,20,23). The predicted octanol–water partition coefficient (Wildman–Crippen LogP) is 3.68. The second-order valence-electron chi connectivity index (χ2n) is 5.29. The van der Waals surface area contributed by atoms with Crippen LogP contribution in [0.1, 0.15) is 18.0 Å². The first-order valence-corrected chi connectivity index (χ1v) is 7.81. The molecule has 1 aliphatic rings. The minimum absolute atomic E-state index is 0.0157. The number of hydrogen-bond acceptors (Lipinski definition) is 3. The lowest BCUT2D eigenvalue weighted by molar-refractivity contribution is -0.117. The molecule has 0 saturated carbocycles. The number of benzene rings is 2. The first kappa shape index (κ1) is 16.2. The third-order valence-corrected chi connectivity index (χ3v) is 4.17. The van der Waals surface area contributed by atoms with Crippen molar-refractivity contribution in [2.45, 2.75) is 18.5 Å². The molecule has 3 rings (SSSR count). The molecule has 0 aliphatic carbocycles. The fourth-order valence-corrected chi connectivity index (χ4v) is 2.74. The van der Waals surface area contributed by atoms with Crippen molar-refractivity contribution in [3.8, 4) is 0 Å². The Bertz CT molecular complexity index is 724. The molecule has 7 heteroatoms. The van der Waals surface area contributed by atoms with Crippen molar-refractivity contribution in [3.63, 3.8) is 0 Å². The molecule has 4 nitrogen and oxygen atoms in total. The highest BCUT2D eigenvalue weighted by Crippen LogP contribution is 2.25. The van der Waals surface area contributed by atoms with Gasteiger partial charge in [-0.1, -0.05) is 35.3 Å². The predicted molar refractivity (Wildman–Crippen MR) is 88.9 cm³/mol. The number of carbonyl (C=O) groups excluding carboxylic acids is 1. The van der Waals surface area contributed by atoms with Crippen LogP contribution in [0.15, 0.2) is 42.5 Å². The second-order valence-corrected chi connectivity index (χ2v) is 6.17. The molecule has 2 aromatic rings. The lowest BCUT2D eigenvalue weighted by atomic mass is 10.0. The van der Waals surface area contributed by atoms with E-state index in [0.29, 0.717) is 11.4 Å². The van der Waals surface area contributed by atoms with E-state index in [1.165, 1.54) is 12.1 Å². The third kappa shape index (κ3) is 3.82. The molecule has 0 radical (unpaired) electrons. The van der Waals surface area contributed by atoms with Gasteiger partial charge in [0.15, 0.2) is 0 Å². The summed E-state index contributed by atoms with van der Waals surface area (Å²) in [6, 6.07) is 11.1. The molecule has 2 aromatic carbocycles. The summed E-state index contributed by atoms with van der Waals surface area (Å²) < 4.78 is 13.7. The monoisotopic (exact) mass is 353 g/mol. The molecule has 0 bridgehead atoms. The average Bonchev–Trinajstić information content (AvgIpc) is 3.01. The topological polar surface area (TPSA) is 53.2 Å². The molecule has 1 fully saturated rings. The summed E-state index contributed by atoms with van der Waals surface area (Å²) in [4.78, 5) is 12.2. The maximum absolute atomic E-state index is 13.7. The fraction of sp³-hybridized carbons (Fsp3) is 0.188. The number of rotatable bonds is 3. The first-order chi connectivity index (χ1) is 11.0. The molecule has 1 amide bonds. The number of amides is 1. The van der Waals surface area contributed by atoms with Crippen LogP contribution in [0.3, 0.4) is 0 Å². The highest BCUT2D eigenvalue weighted by molar-refractivity contribution is 6.30. The zero-order valence-electron chi connectivity index (χ0n) is 11.9. The SMILES string of the molecule is O=C(Nc1ccc(Cl)cc1F)C1CC(c2ccc(Cl)cc2)NN1. The fourth-order valence-electron chi connectivity index (χ4n) is 2.45. The van der Waals surface area contributed by atoms with Gasteiger partial charge in [0, 0.05) is 16.1 Å². The summed E-state index contributed by atoms with van der Waals surface area (Å²) in [6.07, 6.45) is 0.544. The van der Waals surface area contributed by atoms with Gasteiger partial charge in [-0.2, -0.15) is 0 Å². The molecule has 1 aliphatic heterocycles. The van der Waals surface area contributed by atoms with E-state index in [9.17, 15) is 9.18 Å². The van der Waals surface area contributed by atoms with Crippen molar-refractivity contribution in [2.75, 3.05) is 5.32 Å². The van der Waals surface area contributed by atoms with Crippen LogP contribution in [0.25, 0.3) is 0 Å². The van der Waals surface area contributed by atoms with Gasteiger partial charge >= 0.3 is 0 Å². The van der Waals surface area contributed by atoms with Gasteiger partial charge in [-0.3, -0.25) is 4.79 Å². The van der Waals surface area contributed by atoms with E-state index in [4.69, 9.17) is 23.2 Å². The number of nitrogens with one attached hydrogen (secondary N) is 3. The summed E-state index contributed by atoms with van der Waals surface area (Å²) >= 11 is 11.6. The lowest BCUT2D eigenvalue weighted by Crippen LogP contribution is -2.39. The maximum Gasteiger partial charge on any atom is 0.243 e. The van der Waals surface area contributed by atoms with Crippen LogP contribution in [-0.4, -0.2) is 11.9 Å². The Morgan fingerprint density at radius 2 is 1.78 bits per heavy atom. The summed E-state index contributed by atoms with van der Waals surface area (Å²) in [6.45, 7) is 0. The number of halogens is 3. The Morgan fingerprint density at radius 1 is 1.09 bits per heavy atom. The van der Waals surface area contributed by atoms with Gasteiger partial charge in [0.2, 0.25) is 5.91 Å². The maximum atomic E-state index is 13.7. The van der Waals surface area contributed by atoms with Gasteiger partial charge in [0.1, 0.15) is 11.9 Å². The van der Waals surface area contributed by atoms with Crippen molar-refractivity contribution >= 4 is 34.8 Å². The van der Waals surface area contributed by atoms with Gasteiger partial charge < -0.3 is 5.32 Å². The Kier molecular flexibility index (Phi) is 4.82. The molecule has 2 unspecified atom stereocenters. The first-order valence-electron chi connectivity index (χ1n) is 7.05. The number of carbonyl (C=O) groups is 1. The van der Waals surface area contributed by atoms with Gasteiger partial charge in [-0.25, -0.2) is 15.2 Å². The molecule has 120 valence electrons. The summed E-state index contributed by atoms with van der Waals surface area (Å²) in [5.74, 6) is -0.874. The van der Waals surface area contributed by atoms with E-state index < -0.39 is 11.9 Å². The summed E-state index contributed by atoms with van der Waals surface area (Å²) in [5, 5.41) is 3.51. The molecule has 0 aromatic heterocycles. The number of hydrogen-bond donors (Lipinski definition) is 3. The summed E-state index contributed by atoms with van der Waals surface area (Å²) in [7, 11) is 0. The van der Waals surface area contributed by atoms with Crippen LogP contribution >= 0.6 is 23.2 Å². The molecule has 1 heterocycles. The molecule has 3 N–H and O–H groups in total. The largest absolute Gasteiger partial charge is 0.322 e. The van der Waals surface area contributed by atoms with Crippen LogP contribution in [0.5, 0.6) is 0 Å². The third-order valence-electron chi connectivity index (χ3n) is 3.68. The van der Waals surface area contributed by atoms with E-state index in [0.717, 1.165) is 11.6 Å². The minimum Gasteiger partial charge on any atom is -0.322 e. The molecular formula is C16H14Cl2FN3O. The van der Waals surface area contributed by atoms with Gasteiger partial charge in [-0.05, 0) is 42.3 Å². The quantitative estimate of drug-likeness (QED) is 0.788. The number of hydrazine groups is 1. The van der Waals surface area contributed by atoms with Crippen LogP contribution < -0.4 is 16.2 Å². The molecule has 23 heavy (non-hydrogen) atoms. The molecule has 2 atom stereocenters. The highest BCUT2D eigenvalue weighted by Gasteiger charge is 2.30. The zero-order chi connectivity index (χ0) is 16.4. The van der Waals surface area contributed by atoms with Gasteiger partial charge in [0.05, 0.1) is 5.69 Å². The average molecular weight is 354 g/mol. The Labute approximate surface area is 142 Å². The normalized spacial score (nSPS) is 20.5. The van der Waals surface area contributed by atoms with Gasteiger partial charge in [-0.15, -0.1) is 0 Å². The van der Waals surface area contributed by atoms with Crippen molar-refractivity contribution in [1.82, 2.24) is 10.9 Å². The van der Waals surface area contributed by atoms with Gasteiger partial charge in [0.25, 0.3) is 0 Å². The highest BCUT2D eigenvalue weighted by atomic mass is 35.5. The summed E-state index contributed by atoms with van der Waals surface area (Å²) in [5.41, 5.74) is 7.12. The van der Waals surface area contributed by atoms with Crippen LogP contribution in [0.2, 0.25) is 10.0 Å². The lowest BCUT2D eigenvalue weighted by Gasteiger charge is -2.11. The Hall–Kier alpha value is -1.66. The number of anilines is 1. The van der Waals surface area contributed by atoms with E-state index >= 15 is 0 Å². The van der Waals surface area contributed by atoms with Crippen LogP contribution in [0, 0.1) is 5.82 Å². The van der Waals surface area contributed by atoms with E-state index in [2.05, 4.69) is 16.2 Å². The zero-order valence-corrected chi connectivity index (χ0v) is 13.5. The minimum atomic E-state index is -0.564. The second kappa shape index (κ2) is 6.84. The molecule has 0 spiro atoms.